The van der Waals surface area contributed by atoms with Gasteiger partial charge >= 0.3 is 5.97 Å². The molecule has 0 aromatic rings. The molecule has 2 nitrogen and oxygen atoms in total. The van der Waals surface area contributed by atoms with Crippen LogP contribution in [-0.4, -0.2) is 12.1 Å². The lowest BCUT2D eigenvalue weighted by Gasteiger charge is -2.62. The van der Waals surface area contributed by atoms with Gasteiger partial charge in [0, 0.05) is 0 Å². The van der Waals surface area contributed by atoms with Crippen LogP contribution >= 0.6 is 0 Å². The van der Waals surface area contributed by atoms with Crippen molar-refractivity contribution in [2.45, 2.75) is 38.2 Å². The third-order valence-corrected chi connectivity index (χ3v) is 4.86. The highest BCUT2D eigenvalue weighted by molar-refractivity contribution is 5.79. The number of rotatable bonds is 0. The molecule has 0 aromatic heterocycles. The van der Waals surface area contributed by atoms with Crippen LogP contribution in [0.25, 0.3) is 0 Å². The van der Waals surface area contributed by atoms with Crippen LogP contribution in [0.1, 0.15) is 32.1 Å². The van der Waals surface area contributed by atoms with Crippen LogP contribution in [-0.2, 0) is 9.53 Å². The maximum atomic E-state index is 11.7. The maximum absolute atomic E-state index is 11.7. The van der Waals surface area contributed by atoms with E-state index in [1.54, 1.807) is 0 Å². The molecule has 5 bridgehead atoms. The number of carbonyl (C=O) groups is 1. The summed E-state index contributed by atoms with van der Waals surface area (Å²) in [6.45, 7) is 0. The molecule has 6 fully saturated rings. The summed E-state index contributed by atoms with van der Waals surface area (Å²) < 4.78 is 5.55. The van der Waals surface area contributed by atoms with Gasteiger partial charge in [-0.1, -0.05) is 0 Å². The second-order valence-electron chi connectivity index (χ2n) is 5.62. The predicted octanol–water partition coefficient (Wildman–Crippen LogP) is 1.74. The molecular weight excluding hydrogens is 164 g/mol. The van der Waals surface area contributed by atoms with Gasteiger partial charge in [0.2, 0.25) is 0 Å². The molecule has 13 heavy (non-hydrogen) atoms. The van der Waals surface area contributed by atoms with E-state index in [1.807, 2.05) is 0 Å². The lowest BCUT2D eigenvalue weighted by Crippen LogP contribution is -2.63. The van der Waals surface area contributed by atoms with Gasteiger partial charge in [-0.2, -0.15) is 0 Å². The van der Waals surface area contributed by atoms with Crippen LogP contribution in [0, 0.1) is 23.2 Å². The minimum absolute atomic E-state index is 0.00521. The molecule has 2 atom stereocenters. The average Bonchev–Trinajstić information content (AvgIpc) is 2.07. The molecule has 2 heteroatoms. The van der Waals surface area contributed by atoms with Crippen LogP contribution in [0.3, 0.4) is 0 Å². The van der Waals surface area contributed by atoms with Gasteiger partial charge in [-0.05, 0) is 49.9 Å². The first-order chi connectivity index (χ1) is 6.27. The molecule has 0 amide bonds. The predicted molar refractivity (Wildman–Crippen MR) is 45.9 cm³/mol. The Bertz CT molecular complexity index is 275. The van der Waals surface area contributed by atoms with E-state index in [4.69, 9.17) is 4.74 Å². The number of ether oxygens (including phenoxy) is 1. The zero-order valence-electron chi connectivity index (χ0n) is 7.66. The molecule has 4 aliphatic carbocycles. The van der Waals surface area contributed by atoms with Crippen molar-refractivity contribution in [2.24, 2.45) is 23.2 Å². The number of fused-ring (bicyclic) bond motifs is 1. The van der Waals surface area contributed by atoms with Gasteiger partial charge < -0.3 is 4.74 Å². The van der Waals surface area contributed by atoms with Crippen LogP contribution in [0.5, 0.6) is 0 Å². The molecule has 2 saturated heterocycles. The van der Waals surface area contributed by atoms with Crippen molar-refractivity contribution in [2.75, 3.05) is 0 Å². The second-order valence-corrected chi connectivity index (χ2v) is 5.62. The van der Waals surface area contributed by atoms with E-state index in [-0.39, 0.29) is 11.4 Å². The second kappa shape index (κ2) is 1.79. The van der Waals surface area contributed by atoms with Crippen molar-refractivity contribution < 1.29 is 9.53 Å². The quantitative estimate of drug-likeness (QED) is 0.528. The first-order valence-corrected chi connectivity index (χ1v) is 5.48. The van der Waals surface area contributed by atoms with Gasteiger partial charge in [-0.25, -0.2) is 0 Å². The molecule has 0 N–H and O–H groups in total. The molecule has 6 rings (SSSR count). The zero-order chi connectivity index (χ0) is 8.63. The topological polar surface area (TPSA) is 26.3 Å². The van der Waals surface area contributed by atoms with E-state index in [9.17, 15) is 4.79 Å². The van der Waals surface area contributed by atoms with E-state index in [0.717, 1.165) is 37.0 Å². The molecule has 2 aliphatic heterocycles. The van der Waals surface area contributed by atoms with E-state index in [0.29, 0.717) is 6.10 Å². The smallest absolute Gasteiger partial charge is 0.312 e. The molecule has 2 unspecified atom stereocenters. The van der Waals surface area contributed by atoms with Crippen LogP contribution in [0.4, 0.5) is 0 Å². The Morgan fingerprint density at radius 1 is 1.15 bits per heavy atom. The largest absolute Gasteiger partial charge is 0.461 e. The van der Waals surface area contributed by atoms with Crippen LogP contribution < -0.4 is 0 Å². The first kappa shape index (κ1) is 6.86. The Balaban J connectivity index is 1.89. The number of hydrogen-bond acceptors (Lipinski definition) is 2. The van der Waals surface area contributed by atoms with Crippen molar-refractivity contribution in [1.82, 2.24) is 0 Å². The summed E-state index contributed by atoms with van der Waals surface area (Å²) in [5.74, 6) is 2.49. The molecule has 1 spiro atoms. The Kier molecular flexibility index (Phi) is 0.946. The highest BCUT2D eigenvalue weighted by atomic mass is 16.5. The minimum Gasteiger partial charge on any atom is -0.461 e. The minimum atomic E-state index is 0.00521. The zero-order valence-corrected chi connectivity index (χ0v) is 7.66. The van der Waals surface area contributed by atoms with Crippen LogP contribution in [0.2, 0.25) is 0 Å². The number of carbonyl (C=O) groups excluding carboxylic acids is 1. The molecule has 0 radical (unpaired) electrons. The summed E-state index contributed by atoms with van der Waals surface area (Å²) in [5.41, 5.74) is 0.00521. The molecule has 4 saturated carbocycles. The van der Waals surface area contributed by atoms with Gasteiger partial charge in [-0.3, -0.25) is 4.79 Å². The van der Waals surface area contributed by atoms with E-state index < -0.39 is 0 Å². The SMILES string of the molecule is O=C1OC2C3CC4CC2CC1(C4)C3. The van der Waals surface area contributed by atoms with Crippen molar-refractivity contribution in [3.8, 4) is 0 Å². The standard InChI is InChI=1S/C11H14O2/c12-10-11-3-6-1-7(4-11)9(13-10)8(2-6)5-11/h6-9H,1-5H2. The summed E-state index contributed by atoms with van der Waals surface area (Å²) in [7, 11) is 0. The van der Waals surface area contributed by atoms with Crippen molar-refractivity contribution in [3.05, 3.63) is 0 Å². The van der Waals surface area contributed by atoms with Crippen molar-refractivity contribution >= 4 is 5.97 Å². The summed E-state index contributed by atoms with van der Waals surface area (Å²) in [6.07, 6.45) is 6.47. The highest BCUT2D eigenvalue weighted by Gasteiger charge is 2.64. The van der Waals surface area contributed by atoms with Crippen molar-refractivity contribution in [1.29, 1.82) is 0 Å². The fourth-order valence-corrected chi connectivity index (χ4v) is 4.67. The Hall–Kier alpha value is -0.530. The fourth-order valence-electron chi connectivity index (χ4n) is 4.67. The summed E-state index contributed by atoms with van der Waals surface area (Å²) >= 11 is 0. The molecule has 70 valence electrons. The van der Waals surface area contributed by atoms with E-state index in [2.05, 4.69) is 0 Å². The van der Waals surface area contributed by atoms with Crippen LogP contribution in [0.15, 0.2) is 0 Å². The van der Waals surface area contributed by atoms with Gasteiger partial charge in [0.1, 0.15) is 6.10 Å². The third-order valence-electron chi connectivity index (χ3n) is 4.86. The lowest BCUT2D eigenvalue weighted by molar-refractivity contribution is -0.233. The van der Waals surface area contributed by atoms with Gasteiger partial charge in [0.15, 0.2) is 0 Å². The van der Waals surface area contributed by atoms with E-state index in [1.165, 1.54) is 12.8 Å². The van der Waals surface area contributed by atoms with Gasteiger partial charge in [0.05, 0.1) is 5.41 Å². The monoisotopic (exact) mass is 178 g/mol. The average molecular weight is 178 g/mol. The summed E-state index contributed by atoms with van der Waals surface area (Å²) in [5, 5.41) is 0. The Morgan fingerprint density at radius 2 is 1.85 bits per heavy atom. The Labute approximate surface area is 77.6 Å². The Morgan fingerprint density at radius 3 is 2.54 bits per heavy atom. The highest BCUT2D eigenvalue weighted by Crippen LogP contribution is 2.64. The van der Waals surface area contributed by atoms with Gasteiger partial charge in [-0.15, -0.1) is 0 Å². The fraction of sp³-hybridized carbons (Fsp3) is 0.909. The molecular formula is C11H14O2. The van der Waals surface area contributed by atoms with Gasteiger partial charge in [0.25, 0.3) is 0 Å². The molecule has 6 aliphatic rings. The molecule has 0 aromatic carbocycles. The van der Waals surface area contributed by atoms with Crippen molar-refractivity contribution in [3.63, 3.8) is 0 Å². The summed E-state index contributed by atoms with van der Waals surface area (Å²) in [6, 6.07) is 0. The third kappa shape index (κ3) is 0.628. The first-order valence-electron chi connectivity index (χ1n) is 5.48. The number of hydrogen-bond donors (Lipinski definition) is 0. The normalized spacial score (nSPS) is 61.4. The van der Waals surface area contributed by atoms with E-state index >= 15 is 0 Å². The summed E-state index contributed by atoms with van der Waals surface area (Å²) in [4.78, 5) is 11.7. The molecule has 2 heterocycles. The lowest BCUT2D eigenvalue weighted by atomic mass is 9.47. The maximum Gasteiger partial charge on any atom is 0.312 e. The number of esters is 1.